The number of aliphatic hydroxyl groups is 1. The van der Waals surface area contributed by atoms with Crippen LogP contribution < -0.4 is 0 Å². The van der Waals surface area contributed by atoms with Gasteiger partial charge in [-0.1, -0.05) is 36.1 Å². The molecule has 0 amide bonds. The number of aliphatic hydroxyl groups excluding tert-OH is 1. The Morgan fingerprint density at radius 2 is 2.16 bits per heavy atom. The van der Waals surface area contributed by atoms with Crippen LogP contribution in [-0.4, -0.2) is 25.0 Å². The molecule has 0 radical (unpaired) electrons. The topological polar surface area (TPSA) is 55.8 Å². The van der Waals surface area contributed by atoms with Gasteiger partial charge < -0.3 is 14.6 Å². The molecular weight excluding hydrogens is 244 g/mol. The Morgan fingerprint density at radius 1 is 1.42 bits per heavy atom. The van der Waals surface area contributed by atoms with Gasteiger partial charge in [0.1, 0.15) is 0 Å². The highest BCUT2D eigenvalue weighted by Gasteiger charge is 2.16. The van der Waals surface area contributed by atoms with E-state index in [9.17, 15) is 4.79 Å². The molecule has 0 aliphatic carbocycles. The summed E-state index contributed by atoms with van der Waals surface area (Å²) in [5.74, 6) is 5.79. The highest BCUT2D eigenvalue weighted by molar-refractivity contribution is 5.60. The molecule has 1 aromatic carbocycles. The van der Waals surface area contributed by atoms with E-state index in [4.69, 9.17) is 9.84 Å². The van der Waals surface area contributed by atoms with Crippen molar-refractivity contribution in [1.29, 1.82) is 0 Å². The van der Waals surface area contributed by atoms with Gasteiger partial charge in [0.15, 0.2) is 6.10 Å². The second-order valence-corrected chi connectivity index (χ2v) is 3.96. The van der Waals surface area contributed by atoms with Crippen LogP contribution in [0.5, 0.6) is 0 Å². The lowest BCUT2D eigenvalue weighted by molar-refractivity contribution is 0.0548. The molecule has 1 atom stereocenters. The van der Waals surface area contributed by atoms with Crippen molar-refractivity contribution in [1.82, 2.24) is 0 Å². The lowest BCUT2D eigenvalue weighted by Gasteiger charge is -2.13. The minimum absolute atomic E-state index is 0.0988. The number of carbonyl (C=O) groups is 1. The first-order chi connectivity index (χ1) is 9.19. The molecule has 0 aliphatic heterocycles. The van der Waals surface area contributed by atoms with Crippen LogP contribution in [0.4, 0.5) is 4.79 Å². The van der Waals surface area contributed by atoms with E-state index in [2.05, 4.69) is 16.6 Å². The summed E-state index contributed by atoms with van der Waals surface area (Å²) in [6.45, 7) is 2.03. The fourth-order valence-electron chi connectivity index (χ4n) is 1.53. The van der Waals surface area contributed by atoms with Crippen LogP contribution in [0.3, 0.4) is 0 Å². The minimum atomic E-state index is -0.760. The number of hydrogen-bond donors (Lipinski definition) is 1. The summed E-state index contributed by atoms with van der Waals surface area (Å²) in [6, 6.07) is 7.57. The Bertz CT molecular complexity index is 471. The van der Waals surface area contributed by atoms with Crippen LogP contribution in [0.2, 0.25) is 0 Å². The Kier molecular flexibility index (Phi) is 6.48. The summed E-state index contributed by atoms with van der Waals surface area (Å²) in [7, 11) is 1.26. The van der Waals surface area contributed by atoms with Gasteiger partial charge in [-0.25, -0.2) is 4.79 Å². The fraction of sp³-hybridized carbons (Fsp3) is 0.400. The monoisotopic (exact) mass is 262 g/mol. The van der Waals surface area contributed by atoms with Gasteiger partial charge in [-0.2, -0.15) is 0 Å². The van der Waals surface area contributed by atoms with Crippen molar-refractivity contribution in [3.63, 3.8) is 0 Å². The molecule has 0 spiro atoms. The number of rotatable bonds is 4. The van der Waals surface area contributed by atoms with E-state index in [0.29, 0.717) is 12.8 Å². The molecule has 1 aromatic rings. The predicted molar refractivity (Wildman–Crippen MR) is 71.5 cm³/mol. The van der Waals surface area contributed by atoms with E-state index in [1.165, 1.54) is 7.11 Å². The number of carbonyl (C=O) groups excluding carboxylic acids is 1. The summed E-state index contributed by atoms with van der Waals surface area (Å²) in [4.78, 5) is 11.2. The second-order valence-electron chi connectivity index (χ2n) is 3.96. The van der Waals surface area contributed by atoms with Crippen molar-refractivity contribution >= 4 is 6.16 Å². The molecule has 0 saturated carbocycles. The van der Waals surface area contributed by atoms with Crippen LogP contribution in [0.1, 0.15) is 30.1 Å². The van der Waals surface area contributed by atoms with Gasteiger partial charge in [-0.15, -0.1) is 0 Å². The maximum absolute atomic E-state index is 11.2. The van der Waals surface area contributed by atoms with Crippen molar-refractivity contribution < 1.29 is 19.4 Å². The van der Waals surface area contributed by atoms with E-state index >= 15 is 0 Å². The minimum Gasteiger partial charge on any atom is -0.438 e. The number of benzene rings is 1. The quantitative estimate of drug-likeness (QED) is 0.515. The number of aryl methyl sites for hydroxylation is 1. The molecular formula is C15H18O4. The number of hydrogen-bond acceptors (Lipinski definition) is 4. The standard InChI is InChI=1S/C15H18O4/c1-12-8-5-6-9-13(12)14(19-15(17)18-2)10-4-3-7-11-16/h5-6,8-9,14,16H,3,7,11H2,1-2H3. The molecule has 102 valence electrons. The molecule has 4 nitrogen and oxygen atoms in total. The first kappa shape index (κ1) is 15.1. The van der Waals surface area contributed by atoms with E-state index in [1.54, 1.807) is 0 Å². The van der Waals surface area contributed by atoms with Crippen molar-refractivity contribution in [2.45, 2.75) is 25.9 Å². The summed E-state index contributed by atoms with van der Waals surface area (Å²) >= 11 is 0. The molecule has 0 heterocycles. The summed E-state index contributed by atoms with van der Waals surface area (Å²) < 4.78 is 9.65. The van der Waals surface area contributed by atoms with Crippen LogP contribution in [0.15, 0.2) is 24.3 Å². The zero-order valence-corrected chi connectivity index (χ0v) is 11.2. The molecule has 0 aromatic heterocycles. The average molecular weight is 262 g/mol. The van der Waals surface area contributed by atoms with E-state index in [1.807, 2.05) is 31.2 Å². The van der Waals surface area contributed by atoms with Crippen LogP contribution >= 0.6 is 0 Å². The summed E-state index contributed by atoms with van der Waals surface area (Å²) in [5, 5.41) is 8.70. The third-order valence-electron chi connectivity index (χ3n) is 2.54. The lowest BCUT2D eigenvalue weighted by Crippen LogP contribution is -2.11. The van der Waals surface area contributed by atoms with Crippen molar-refractivity contribution in [2.24, 2.45) is 0 Å². The smallest absolute Gasteiger partial charge is 0.438 e. The van der Waals surface area contributed by atoms with Crippen LogP contribution in [0.25, 0.3) is 0 Å². The van der Waals surface area contributed by atoms with Gasteiger partial charge in [-0.05, 0) is 18.9 Å². The van der Waals surface area contributed by atoms with Gasteiger partial charge in [0.05, 0.1) is 7.11 Å². The Labute approximate surface area is 113 Å². The maximum atomic E-state index is 11.2. The van der Waals surface area contributed by atoms with Gasteiger partial charge in [0, 0.05) is 18.6 Å². The van der Waals surface area contributed by atoms with Gasteiger partial charge in [0.25, 0.3) is 0 Å². The van der Waals surface area contributed by atoms with Crippen molar-refractivity contribution in [2.75, 3.05) is 13.7 Å². The normalized spacial score (nSPS) is 11.1. The predicted octanol–water partition coefficient (Wildman–Crippen LogP) is 2.60. The highest BCUT2D eigenvalue weighted by atomic mass is 16.7. The Morgan fingerprint density at radius 3 is 2.79 bits per heavy atom. The Hall–Kier alpha value is -1.99. The summed E-state index contributed by atoms with van der Waals surface area (Å²) in [6.07, 6.45) is -0.244. The molecule has 0 bridgehead atoms. The number of methoxy groups -OCH3 is 1. The van der Waals surface area contributed by atoms with E-state index in [-0.39, 0.29) is 6.61 Å². The molecule has 1 unspecified atom stereocenters. The van der Waals surface area contributed by atoms with Gasteiger partial charge in [-0.3, -0.25) is 0 Å². The lowest BCUT2D eigenvalue weighted by atomic mass is 10.0. The summed E-state index contributed by atoms with van der Waals surface area (Å²) in [5.41, 5.74) is 1.83. The van der Waals surface area contributed by atoms with Gasteiger partial charge >= 0.3 is 6.16 Å². The van der Waals surface area contributed by atoms with E-state index < -0.39 is 12.3 Å². The zero-order valence-electron chi connectivity index (χ0n) is 11.2. The van der Waals surface area contributed by atoms with Crippen LogP contribution in [-0.2, 0) is 9.47 Å². The molecule has 19 heavy (non-hydrogen) atoms. The molecule has 0 fully saturated rings. The molecule has 0 aliphatic rings. The average Bonchev–Trinajstić information content (AvgIpc) is 2.42. The number of unbranched alkanes of at least 4 members (excludes halogenated alkanes) is 1. The maximum Gasteiger partial charge on any atom is 0.509 e. The molecule has 1 N–H and O–H groups in total. The number of ether oxygens (including phenoxy) is 2. The van der Waals surface area contributed by atoms with Crippen LogP contribution in [0, 0.1) is 18.8 Å². The first-order valence-corrected chi connectivity index (χ1v) is 6.08. The third kappa shape index (κ3) is 5.02. The third-order valence-corrected chi connectivity index (χ3v) is 2.54. The van der Waals surface area contributed by atoms with E-state index in [0.717, 1.165) is 11.1 Å². The van der Waals surface area contributed by atoms with Crippen molar-refractivity contribution in [3.05, 3.63) is 35.4 Å². The largest absolute Gasteiger partial charge is 0.509 e. The molecule has 1 rings (SSSR count). The van der Waals surface area contributed by atoms with Crippen molar-refractivity contribution in [3.8, 4) is 11.8 Å². The first-order valence-electron chi connectivity index (χ1n) is 6.08. The highest BCUT2D eigenvalue weighted by Crippen LogP contribution is 2.21. The molecule has 4 heteroatoms. The molecule has 0 saturated heterocycles. The van der Waals surface area contributed by atoms with Gasteiger partial charge in [0.2, 0.25) is 0 Å². The zero-order chi connectivity index (χ0) is 14.1. The Balaban J connectivity index is 2.88. The second kappa shape index (κ2) is 8.17. The fourth-order valence-corrected chi connectivity index (χ4v) is 1.53. The SMILES string of the molecule is COC(=O)OC(C#CCCCO)c1ccccc1C.